The second-order valence-corrected chi connectivity index (χ2v) is 6.60. The van der Waals surface area contributed by atoms with E-state index >= 15 is 0 Å². The van der Waals surface area contributed by atoms with Gasteiger partial charge in [-0.3, -0.25) is 0 Å². The van der Waals surface area contributed by atoms with Crippen molar-refractivity contribution in [2.45, 2.75) is 81.4 Å². The van der Waals surface area contributed by atoms with Crippen LogP contribution in [0.4, 0.5) is 0 Å². The van der Waals surface area contributed by atoms with Crippen molar-refractivity contribution in [3.8, 4) is 0 Å². The normalized spacial score (nSPS) is 38.5. The van der Waals surface area contributed by atoms with Crippen molar-refractivity contribution >= 4 is 15.9 Å². The largest absolute Gasteiger partial charge is 0.350 e. The predicted octanol–water partition coefficient (Wildman–Crippen LogP) is 4.41. The lowest BCUT2D eigenvalue weighted by molar-refractivity contribution is -0.293. The van der Waals surface area contributed by atoms with E-state index in [4.69, 9.17) is 9.47 Å². The van der Waals surface area contributed by atoms with Gasteiger partial charge in [0.05, 0.1) is 12.7 Å². The van der Waals surface area contributed by atoms with E-state index in [-0.39, 0.29) is 5.79 Å². The van der Waals surface area contributed by atoms with Crippen LogP contribution >= 0.6 is 15.9 Å². The van der Waals surface area contributed by atoms with Gasteiger partial charge in [0, 0.05) is 17.7 Å². The van der Waals surface area contributed by atoms with E-state index in [0.29, 0.717) is 10.9 Å². The maximum Gasteiger partial charge on any atom is 0.168 e. The van der Waals surface area contributed by atoms with Crippen LogP contribution in [-0.2, 0) is 9.47 Å². The SMILES string of the molecule is CCCCCC1OC2(CCCCO2)CCC1Br. The molecule has 3 heteroatoms. The molecule has 2 fully saturated rings. The quantitative estimate of drug-likeness (QED) is 0.566. The van der Waals surface area contributed by atoms with Crippen LogP contribution in [0, 0.1) is 0 Å². The molecule has 0 N–H and O–H groups in total. The van der Waals surface area contributed by atoms with Gasteiger partial charge in [0.1, 0.15) is 0 Å². The van der Waals surface area contributed by atoms with Crippen LogP contribution in [0.25, 0.3) is 0 Å². The summed E-state index contributed by atoms with van der Waals surface area (Å²) < 4.78 is 12.3. The summed E-state index contributed by atoms with van der Waals surface area (Å²) in [5, 5.41) is 0. The fourth-order valence-corrected chi connectivity index (χ4v) is 3.51. The number of unbranched alkanes of at least 4 members (excludes halogenated alkanes) is 2. The van der Waals surface area contributed by atoms with Crippen LogP contribution in [0.2, 0.25) is 0 Å². The second kappa shape index (κ2) is 6.53. The van der Waals surface area contributed by atoms with Crippen molar-refractivity contribution < 1.29 is 9.47 Å². The molecule has 2 aliphatic rings. The zero-order valence-corrected chi connectivity index (χ0v) is 12.5. The van der Waals surface area contributed by atoms with E-state index in [1.54, 1.807) is 0 Å². The molecule has 0 radical (unpaired) electrons. The maximum absolute atomic E-state index is 6.30. The van der Waals surface area contributed by atoms with Gasteiger partial charge in [-0.05, 0) is 25.7 Å². The lowest BCUT2D eigenvalue weighted by atomic mass is 9.93. The van der Waals surface area contributed by atoms with Gasteiger partial charge in [-0.15, -0.1) is 0 Å². The first-order valence-electron chi connectivity index (χ1n) is 7.21. The third kappa shape index (κ3) is 3.68. The zero-order chi connectivity index (χ0) is 12.1. The van der Waals surface area contributed by atoms with E-state index in [1.807, 2.05) is 0 Å². The van der Waals surface area contributed by atoms with E-state index in [9.17, 15) is 0 Å². The van der Waals surface area contributed by atoms with E-state index in [0.717, 1.165) is 19.4 Å². The summed E-state index contributed by atoms with van der Waals surface area (Å²) in [5.41, 5.74) is 0. The Balaban J connectivity index is 1.86. The molecular formula is C14H25BrO2. The zero-order valence-electron chi connectivity index (χ0n) is 10.9. The molecule has 2 saturated heterocycles. The Hall–Kier alpha value is 0.400. The summed E-state index contributed by atoms with van der Waals surface area (Å²) in [6.07, 6.45) is 11.2. The van der Waals surface area contributed by atoms with Crippen molar-refractivity contribution in [2.24, 2.45) is 0 Å². The molecule has 0 saturated carbocycles. The number of hydrogen-bond donors (Lipinski definition) is 0. The van der Waals surface area contributed by atoms with Gasteiger partial charge in [-0.1, -0.05) is 42.1 Å². The number of alkyl halides is 1. The molecule has 0 aromatic heterocycles. The predicted molar refractivity (Wildman–Crippen MR) is 73.5 cm³/mol. The van der Waals surface area contributed by atoms with Crippen molar-refractivity contribution in [3.63, 3.8) is 0 Å². The minimum atomic E-state index is -0.223. The van der Waals surface area contributed by atoms with Crippen molar-refractivity contribution in [3.05, 3.63) is 0 Å². The maximum atomic E-state index is 6.30. The Kier molecular flexibility index (Phi) is 5.31. The Bertz CT molecular complexity index is 226. The van der Waals surface area contributed by atoms with E-state index in [1.165, 1.54) is 44.9 Å². The van der Waals surface area contributed by atoms with Crippen LogP contribution in [0.15, 0.2) is 0 Å². The lowest BCUT2D eigenvalue weighted by Gasteiger charge is -2.45. The number of rotatable bonds is 4. The van der Waals surface area contributed by atoms with E-state index in [2.05, 4.69) is 22.9 Å². The summed E-state index contributed by atoms with van der Waals surface area (Å²) in [5.74, 6) is -0.223. The molecule has 1 spiro atoms. The Morgan fingerprint density at radius 1 is 1.24 bits per heavy atom. The highest BCUT2D eigenvalue weighted by molar-refractivity contribution is 9.09. The summed E-state index contributed by atoms with van der Waals surface area (Å²) in [6.45, 7) is 3.13. The van der Waals surface area contributed by atoms with Crippen molar-refractivity contribution in [2.75, 3.05) is 6.61 Å². The van der Waals surface area contributed by atoms with Gasteiger partial charge in [-0.2, -0.15) is 0 Å². The molecule has 0 aromatic carbocycles. The third-order valence-electron chi connectivity index (χ3n) is 3.98. The minimum absolute atomic E-state index is 0.223. The van der Waals surface area contributed by atoms with Crippen LogP contribution in [0.1, 0.15) is 64.7 Å². The molecule has 0 aromatic rings. The highest BCUT2D eigenvalue weighted by Crippen LogP contribution is 2.40. The Morgan fingerprint density at radius 2 is 2.12 bits per heavy atom. The summed E-state index contributed by atoms with van der Waals surface area (Å²) in [7, 11) is 0. The lowest BCUT2D eigenvalue weighted by Crippen LogP contribution is -2.48. The number of ether oxygens (including phenoxy) is 2. The van der Waals surface area contributed by atoms with Crippen LogP contribution in [-0.4, -0.2) is 23.3 Å². The monoisotopic (exact) mass is 304 g/mol. The smallest absolute Gasteiger partial charge is 0.168 e. The van der Waals surface area contributed by atoms with Gasteiger partial charge in [-0.25, -0.2) is 0 Å². The van der Waals surface area contributed by atoms with Crippen molar-refractivity contribution in [1.82, 2.24) is 0 Å². The molecule has 3 unspecified atom stereocenters. The molecule has 2 nitrogen and oxygen atoms in total. The first-order chi connectivity index (χ1) is 8.26. The van der Waals surface area contributed by atoms with Crippen LogP contribution in [0.5, 0.6) is 0 Å². The van der Waals surface area contributed by atoms with Crippen LogP contribution < -0.4 is 0 Å². The average Bonchev–Trinajstić information content (AvgIpc) is 2.35. The number of hydrogen-bond acceptors (Lipinski definition) is 2. The Morgan fingerprint density at radius 3 is 2.82 bits per heavy atom. The first-order valence-corrected chi connectivity index (χ1v) is 8.13. The molecule has 100 valence electrons. The van der Waals surface area contributed by atoms with Gasteiger partial charge >= 0.3 is 0 Å². The van der Waals surface area contributed by atoms with Crippen molar-refractivity contribution in [1.29, 1.82) is 0 Å². The van der Waals surface area contributed by atoms with Gasteiger partial charge < -0.3 is 9.47 Å². The molecule has 17 heavy (non-hydrogen) atoms. The summed E-state index contributed by atoms with van der Waals surface area (Å²) in [6, 6.07) is 0. The molecule has 2 rings (SSSR count). The topological polar surface area (TPSA) is 18.5 Å². The molecule has 3 atom stereocenters. The summed E-state index contributed by atoms with van der Waals surface area (Å²) in [4.78, 5) is 0.524. The molecule has 2 heterocycles. The standard InChI is InChI=1S/C14H25BrO2/c1-2-3-4-7-13-12(15)8-10-14(17-13)9-5-6-11-16-14/h12-13H,2-11H2,1H3. The molecule has 0 amide bonds. The fourth-order valence-electron chi connectivity index (χ4n) is 2.90. The second-order valence-electron chi connectivity index (χ2n) is 5.42. The van der Waals surface area contributed by atoms with Gasteiger partial charge in [0.25, 0.3) is 0 Å². The van der Waals surface area contributed by atoms with E-state index < -0.39 is 0 Å². The number of halogens is 1. The minimum Gasteiger partial charge on any atom is -0.350 e. The third-order valence-corrected chi connectivity index (χ3v) is 5.03. The summed E-state index contributed by atoms with van der Waals surface area (Å²) >= 11 is 3.78. The van der Waals surface area contributed by atoms with Gasteiger partial charge in [0.2, 0.25) is 0 Å². The first kappa shape index (κ1) is 13.8. The molecule has 2 aliphatic heterocycles. The Labute approximate surface area is 114 Å². The molecular weight excluding hydrogens is 280 g/mol. The highest BCUT2D eigenvalue weighted by atomic mass is 79.9. The average molecular weight is 305 g/mol. The fraction of sp³-hybridized carbons (Fsp3) is 1.00. The highest BCUT2D eigenvalue weighted by Gasteiger charge is 2.42. The molecule has 0 aliphatic carbocycles. The van der Waals surface area contributed by atoms with Gasteiger partial charge in [0.15, 0.2) is 5.79 Å². The van der Waals surface area contributed by atoms with Crippen LogP contribution in [0.3, 0.4) is 0 Å². The molecule has 0 bridgehead atoms.